The van der Waals surface area contributed by atoms with Gasteiger partial charge < -0.3 is 14.5 Å². The number of ether oxygens (including phenoxy) is 2. The maximum absolute atomic E-state index is 12.8. The number of thiophene rings is 1. The Morgan fingerprint density at radius 3 is 2.39 bits per heavy atom. The summed E-state index contributed by atoms with van der Waals surface area (Å²) in [5.74, 6) is -1.66. The van der Waals surface area contributed by atoms with Crippen molar-refractivity contribution in [3.8, 4) is 5.69 Å². The van der Waals surface area contributed by atoms with Crippen LogP contribution in [0.5, 0.6) is 0 Å². The molecule has 0 spiro atoms. The minimum atomic E-state index is -0.605. The number of esters is 2. The Hall–Kier alpha value is -3.72. The Morgan fingerprint density at radius 2 is 1.70 bits per heavy atom. The Kier molecular flexibility index (Phi) is 6.15. The molecule has 4 aromatic rings. The first-order valence-corrected chi connectivity index (χ1v) is 11.2. The number of H-pyrrole nitrogens is 1. The van der Waals surface area contributed by atoms with Gasteiger partial charge in [-0.25, -0.2) is 14.3 Å². The smallest absolute Gasteiger partial charge is 0.348 e. The average Bonchev–Trinajstić information content (AvgIpc) is 3.45. The number of hydrogen-bond donors (Lipinski definition) is 1. The van der Waals surface area contributed by atoms with Gasteiger partial charge in [0.2, 0.25) is 5.78 Å². The summed E-state index contributed by atoms with van der Waals surface area (Å²) in [6, 6.07) is 11.4. The third kappa shape index (κ3) is 4.19. The molecule has 170 valence electrons. The predicted octanol–water partition coefficient (Wildman–Crippen LogP) is 4.56. The Labute approximate surface area is 194 Å². The molecule has 0 bridgehead atoms. The van der Waals surface area contributed by atoms with E-state index in [9.17, 15) is 14.4 Å². The number of carbonyl (C=O) groups excluding carboxylic acids is 3. The molecule has 0 fully saturated rings. The Balaban J connectivity index is 1.54. The minimum absolute atomic E-state index is 0.177. The number of aryl methyl sites for hydroxylation is 3. The molecule has 0 aliphatic heterocycles. The second kappa shape index (κ2) is 9.03. The molecule has 3 heterocycles. The number of Topliss-reactive ketones (excluding diaryl/α,β-unsaturated/α-hetero) is 1. The number of fused-ring (bicyclic) bond motifs is 1. The lowest BCUT2D eigenvalue weighted by Gasteiger charge is -2.06. The van der Waals surface area contributed by atoms with Crippen molar-refractivity contribution >= 4 is 39.3 Å². The fourth-order valence-corrected chi connectivity index (χ4v) is 4.83. The first-order chi connectivity index (χ1) is 15.8. The highest BCUT2D eigenvalue weighted by molar-refractivity contribution is 7.20. The van der Waals surface area contributed by atoms with Gasteiger partial charge in [0, 0.05) is 16.8 Å². The summed E-state index contributed by atoms with van der Waals surface area (Å²) in [5.41, 5.74) is 3.10. The van der Waals surface area contributed by atoms with E-state index in [2.05, 4.69) is 10.1 Å². The molecule has 0 saturated heterocycles. The fraction of sp³-hybridized carbons (Fsp3) is 0.250. The van der Waals surface area contributed by atoms with Crippen LogP contribution in [0.25, 0.3) is 15.9 Å². The summed E-state index contributed by atoms with van der Waals surface area (Å²) in [5, 5.41) is 5.41. The number of carbonyl (C=O) groups is 3. The molecule has 0 atom stereocenters. The monoisotopic (exact) mass is 465 g/mol. The van der Waals surface area contributed by atoms with Gasteiger partial charge in [0.25, 0.3) is 0 Å². The number of ketones is 1. The van der Waals surface area contributed by atoms with Crippen LogP contribution >= 0.6 is 11.3 Å². The van der Waals surface area contributed by atoms with Crippen molar-refractivity contribution in [3.63, 3.8) is 0 Å². The van der Waals surface area contributed by atoms with Crippen molar-refractivity contribution in [2.24, 2.45) is 0 Å². The van der Waals surface area contributed by atoms with E-state index in [4.69, 9.17) is 9.47 Å². The molecule has 4 rings (SSSR count). The van der Waals surface area contributed by atoms with Crippen LogP contribution in [-0.2, 0) is 9.47 Å². The lowest BCUT2D eigenvalue weighted by atomic mass is 10.1. The van der Waals surface area contributed by atoms with Crippen LogP contribution in [0.4, 0.5) is 0 Å². The van der Waals surface area contributed by atoms with Crippen LogP contribution in [-0.4, -0.2) is 45.7 Å². The second-order valence-electron chi connectivity index (χ2n) is 7.51. The van der Waals surface area contributed by atoms with Gasteiger partial charge in [0.05, 0.1) is 29.1 Å². The second-order valence-corrected chi connectivity index (χ2v) is 8.54. The molecule has 0 saturated carbocycles. The number of nitrogens with one attached hydrogen (secondary N) is 1. The predicted molar refractivity (Wildman–Crippen MR) is 125 cm³/mol. The molecule has 33 heavy (non-hydrogen) atoms. The molecule has 0 aliphatic carbocycles. The Morgan fingerprint density at radius 1 is 1.00 bits per heavy atom. The topological polar surface area (TPSA) is 103 Å². The van der Waals surface area contributed by atoms with E-state index in [1.54, 1.807) is 31.5 Å². The number of benzene rings is 1. The number of hydrogen-bond acceptors (Lipinski definition) is 7. The van der Waals surface area contributed by atoms with Crippen molar-refractivity contribution in [1.29, 1.82) is 0 Å². The van der Waals surface area contributed by atoms with Crippen LogP contribution in [0.3, 0.4) is 0 Å². The molecule has 8 nitrogen and oxygen atoms in total. The summed E-state index contributed by atoms with van der Waals surface area (Å²) in [7, 11) is 0. The molecule has 0 amide bonds. The van der Waals surface area contributed by atoms with Crippen LogP contribution < -0.4 is 0 Å². The molecule has 0 aliphatic rings. The van der Waals surface area contributed by atoms with Gasteiger partial charge in [-0.3, -0.25) is 4.79 Å². The number of para-hydroxylation sites is 1. The number of aromatic nitrogens is 3. The van der Waals surface area contributed by atoms with E-state index in [-0.39, 0.29) is 17.7 Å². The number of aromatic amines is 1. The summed E-state index contributed by atoms with van der Waals surface area (Å²) in [6.45, 7) is 6.66. The van der Waals surface area contributed by atoms with Crippen molar-refractivity contribution in [3.05, 3.63) is 69.5 Å². The van der Waals surface area contributed by atoms with Crippen LogP contribution in [0.1, 0.15) is 54.4 Å². The van der Waals surface area contributed by atoms with E-state index < -0.39 is 24.3 Å². The molecule has 1 aromatic carbocycles. The summed E-state index contributed by atoms with van der Waals surface area (Å²) in [6.07, 6.45) is 0. The largest absolute Gasteiger partial charge is 0.462 e. The van der Waals surface area contributed by atoms with Crippen LogP contribution in [0.2, 0.25) is 0 Å². The van der Waals surface area contributed by atoms with Gasteiger partial charge in [-0.05, 0) is 45.9 Å². The molecular formula is C24H23N3O5S. The van der Waals surface area contributed by atoms with Gasteiger partial charge in [0.1, 0.15) is 9.71 Å². The number of nitrogens with zero attached hydrogens (tertiary/aromatic N) is 2. The first-order valence-electron chi connectivity index (χ1n) is 10.4. The lowest BCUT2D eigenvalue weighted by molar-refractivity contribution is 0.0476. The summed E-state index contributed by atoms with van der Waals surface area (Å²) < 4.78 is 12.2. The third-order valence-electron chi connectivity index (χ3n) is 5.21. The van der Waals surface area contributed by atoms with Gasteiger partial charge in [-0.15, -0.1) is 11.3 Å². The van der Waals surface area contributed by atoms with Gasteiger partial charge in [-0.1, -0.05) is 18.2 Å². The highest BCUT2D eigenvalue weighted by Crippen LogP contribution is 2.31. The number of rotatable bonds is 7. The van der Waals surface area contributed by atoms with Gasteiger partial charge in [0.15, 0.2) is 6.61 Å². The van der Waals surface area contributed by atoms with Crippen LogP contribution in [0, 0.1) is 20.8 Å². The van der Waals surface area contributed by atoms with Crippen molar-refractivity contribution in [1.82, 2.24) is 14.8 Å². The van der Waals surface area contributed by atoms with E-state index in [1.807, 2.05) is 37.3 Å². The highest BCUT2D eigenvalue weighted by atomic mass is 32.1. The normalized spacial score (nSPS) is 11.0. The van der Waals surface area contributed by atoms with E-state index in [0.29, 0.717) is 16.3 Å². The maximum Gasteiger partial charge on any atom is 0.348 e. The first kappa shape index (κ1) is 22.5. The SMILES string of the molecule is CCOC(=O)c1c(C)[nH]c(C)c1C(=O)COC(=O)c1cc2c(C)nn(-c3ccccc3)c2s1. The average molecular weight is 466 g/mol. The molecule has 0 unspecified atom stereocenters. The highest BCUT2D eigenvalue weighted by Gasteiger charge is 2.26. The van der Waals surface area contributed by atoms with Crippen molar-refractivity contribution < 1.29 is 23.9 Å². The van der Waals surface area contributed by atoms with Crippen molar-refractivity contribution in [2.75, 3.05) is 13.2 Å². The zero-order valence-corrected chi connectivity index (χ0v) is 19.5. The zero-order valence-electron chi connectivity index (χ0n) is 18.7. The Bertz CT molecular complexity index is 1360. The molecule has 9 heteroatoms. The van der Waals surface area contributed by atoms with E-state index in [0.717, 1.165) is 21.6 Å². The maximum atomic E-state index is 12.8. The zero-order chi connectivity index (χ0) is 23.7. The third-order valence-corrected chi connectivity index (χ3v) is 6.30. The van der Waals surface area contributed by atoms with E-state index in [1.165, 1.54) is 11.3 Å². The fourth-order valence-electron chi connectivity index (χ4n) is 3.75. The van der Waals surface area contributed by atoms with Gasteiger partial charge in [-0.2, -0.15) is 5.10 Å². The molecule has 3 aromatic heterocycles. The van der Waals surface area contributed by atoms with E-state index >= 15 is 0 Å². The van der Waals surface area contributed by atoms with Crippen molar-refractivity contribution in [2.45, 2.75) is 27.7 Å². The van der Waals surface area contributed by atoms with Gasteiger partial charge >= 0.3 is 11.9 Å². The molecule has 1 N–H and O–H groups in total. The standard InChI is InChI=1S/C24H23N3O5S/c1-5-31-24(30)21-15(4)25-14(3)20(21)18(28)12-32-23(29)19-11-17-13(2)26-27(22(17)33-19)16-9-7-6-8-10-16/h6-11,25H,5,12H2,1-4H3. The minimum Gasteiger partial charge on any atom is -0.462 e. The quantitative estimate of drug-likeness (QED) is 0.317. The van der Waals surface area contributed by atoms with Crippen LogP contribution in [0.15, 0.2) is 36.4 Å². The molecule has 0 radical (unpaired) electrons. The molecular weight excluding hydrogens is 442 g/mol. The summed E-state index contributed by atoms with van der Waals surface area (Å²) in [4.78, 5) is 42.1. The lowest BCUT2D eigenvalue weighted by Crippen LogP contribution is -2.17. The summed E-state index contributed by atoms with van der Waals surface area (Å²) >= 11 is 1.25.